The maximum Gasteiger partial charge on any atom is 0.275 e. The van der Waals surface area contributed by atoms with E-state index in [0.717, 1.165) is 18.4 Å². The third-order valence-electron chi connectivity index (χ3n) is 4.32. The van der Waals surface area contributed by atoms with E-state index in [1.165, 1.54) is 16.2 Å². The van der Waals surface area contributed by atoms with Gasteiger partial charge in [-0.2, -0.15) is 11.3 Å². The number of amides is 2. The van der Waals surface area contributed by atoms with E-state index in [9.17, 15) is 9.59 Å². The highest BCUT2D eigenvalue weighted by Gasteiger charge is 2.29. The van der Waals surface area contributed by atoms with Gasteiger partial charge >= 0.3 is 0 Å². The molecule has 0 aromatic carbocycles. The van der Waals surface area contributed by atoms with Gasteiger partial charge in [-0.05, 0) is 31.2 Å². The van der Waals surface area contributed by atoms with Gasteiger partial charge in [0.2, 0.25) is 0 Å². The molecule has 0 bridgehead atoms. The lowest BCUT2D eigenvalue weighted by Crippen LogP contribution is -2.37. The Morgan fingerprint density at radius 1 is 1.33 bits per heavy atom. The molecular formula is C17H21N3O3S. The Kier molecular flexibility index (Phi) is 4.71. The second-order valence-electron chi connectivity index (χ2n) is 6.23. The van der Waals surface area contributed by atoms with Crippen molar-refractivity contribution in [3.63, 3.8) is 0 Å². The molecule has 1 fully saturated rings. The fourth-order valence-electron chi connectivity index (χ4n) is 2.90. The molecule has 6 nitrogen and oxygen atoms in total. The number of aryl methyl sites for hydroxylation is 1. The highest BCUT2D eigenvalue weighted by molar-refractivity contribution is 7.08. The summed E-state index contributed by atoms with van der Waals surface area (Å²) >= 11 is 1.53. The van der Waals surface area contributed by atoms with Crippen LogP contribution in [-0.4, -0.2) is 53.8 Å². The van der Waals surface area contributed by atoms with Gasteiger partial charge in [-0.25, -0.2) is 4.98 Å². The van der Waals surface area contributed by atoms with Crippen LogP contribution in [0, 0.1) is 6.92 Å². The first kappa shape index (κ1) is 16.7. The molecule has 0 saturated carbocycles. The normalized spacial score (nSPS) is 15.5. The first-order valence-electron chi connectivity index (χ1n) is 7.98. The minimum atomic E-state index is -0.146. The van der Waals surface area contributed by atoms with Crippen LogP contribution in [0.5, 0.6) is 0 Å². The number of carbonyl (C=O) groups is 2. The summed E-state index contributed by atoms with van der Waals surface area (Å²) in [5, 5.41) is 3.80. The summed E-state index contributed by atoms with van der Waals surface area (Å²) in [6, 6.07) is 1.86. The molecule has 0 spiro atoms. The highest BCUT2D eigenvalue weighted by atomic mass is 32.1. The topological polar surface area (TPSA) is 66.7 Å². The Morgan fingerprint density at radius 2 is 2.04 bits per heavy atom. The van der Waals surface area contributed by atoms with E-state index < -0.39 is 0 Å². The van der Waals surface area contributed by atoms with Crippen molar-refractivity contribution in [3.8, 4) is 0 Å². The zero-order valence-electron chi connectivity index (χ0n) is 14.1. The third kappa shape index (κ3) is 3.21. The van der Waals surface area contributed by atoms with Crippen LogP contribution < -0.4 is 0 Å². The minimum absolute atomic E-state index is 0.0850. The van der Waals surface area contributed by atoms with Crippen LogP contribution in [0.3, 0.4) is 0 Å². The molecule has 2 aromatic rings. The standard InChI is InChI=1S/C17H21N3O3S/c1-11-14(17(22)19(2)3)18-15(23-11)12-4-7-20(8-5-12)16(21)13-6-9-24-10-13/h6,9-10,12H,4-5,7-8H2,1-3H3. The van der Waals surface area contributed by atoms with Crippen LogP contribution in [0.4, 0.5) is 0 Å². The van der Waals surface area contributed by atoms with E-state index in [4.69, 9.17) is 4.42 Å². The van der Waals surface area contributed by atoms with Crippen molar-refractivity contribution in [2.45, 2.75) is 25.7 Å². The smallest absolute Gasteiger partial charge is 0.275 e. The summed E-state index contributed by atoms with van der Waals surface area (Å²) < 4.78 is 5.73. The number of oxazole rings is 1. The Morgan fingerprint density at radius 3 is 2.62 bits per heavy atom. The summed E-state index contributed by atoms with van der Waals surface area (Å²) in [6.45, 7) is 3.12. The quantitative estimate of drug-likeness (QED) is 0.856. The molecule has 0 atom stereocenters. The average Bonchev–Trinajstić information content (AvgIpc) is 3.23. The van der Waals surface area contributed by atoms with Crippen molar-refractivity contribution >= 4 is 23.2 Å². The predicted molar refractivity (Wildman–Crippen MR) is 91.5 cm³/mol. The van der Waals surface area contributed by atoms with Crippen LogP contribution >= 0.6 is 11.3 Å². The Labute approximate surface area is 145 Å². The predicted octanol–water partition coefficient (Wildman–Crippen LogP) is 2.77. The van der Waals surface area contributed by atoms with Crippen LogP contribution in [-0.2, 0) is 0 Å². The van der Waals surface area contributed by atoms with Gasteiger partial charge in [0.1, 0.15) is 5.76 Å². The summed E-state index contributed by atoms with van der Waals surface area (Å²) in [6.07, 6.45) is 1.59. The summed E-state index contributed by atoms with van der Waals surface area (Å²) in [5.74, 6) is 1.26. The van der Waals surface area contributed by atoms with Crippen LogP contribution in [0.1, 0.15) is 51.3 Å². The summed E-state index contributed by atoms with van der Waals surface area (Å²) in [5.41, 5.74) is 1.14. The summed E-state index contributed by atoms with van der Waals surface area (Å²) in [4.78, 5) is 32.2. The number of hydrogen-bond acceptors (Lipinski definition) is 5. The molecule has 2 amide bonds. The molecule has 0 N–H and O–H groups in total. The van der Waals surface area contributed by atoms with E-state index in [-0.39, 0.29) is 17.7 Å². The van der Waals surface area contributed by atoms with Crippen molar-refractivity contribution in [3.05, 3.63) is 39.7 Å². The van der Waals surface area contributed by atoms with Gasteiger partial charge in [-0.3, -0.25) is 9.59 Å². The van der Waals surface area contributed by atoms with E-state index >= 15 is 0 Å². The second-order valence-corrected chi connectivity index (χ2v) is 7.02. The number of likely N-dealkylation sites (tertiary alicyclic amines) is 1. The lowest BCUT2D eigenvalue weighted by atomic mass is 9.96. The van der Waals surface area contributed by atoms with Crippen LogP contribution in [0.15, 0.2) is 21.2 Å². The molecule has 7 heteroatoms. The first-order chi connectivity index (χ1) is 11.5. The number of aromatic nitrogens is 1. The SMILES string of the molecule is Cc1oc(C2CCN(C(=O)c3ccsc3)CC2)nc1C(=O)N(C)C. The lowest BCUT2D eigenvalue weighted by molar-refractivity contribution is 0.0706. The monoisotopic (exact) mass is 347 g/mol. The molecule has 2 aromatic heterocycles. The van der Waals surface area contributed by atoms with Gasteiger partial charge in [0.25, 0.3) is 11.8 Å². The zero-order valence-corrected chi connectivity index (χ0v) is 14.9. The minimum Gasteiger partial charge on any atom is -0.445 e. The van der Waals surface area contributed by atoms with Crippen molar-refractivity contribution in [1.82, 2.24) is 14.8 Å². The Balaban J connectivity index is 1.66. The van der Waals surface area contributed by atoms with Crippen molar-refractivity contribution in [1.29, 1.82) is 0 Å². The van der Waals surface area contributed by atoms with Crippen LogP contribution in [0.2, 0.25) is 0 Å². The van der Waals surface area contributed by atoms with E-state index in [2.05, 4.69) is 4.98 Å². The number of nitrogens with zero attached hydrogens (tertiary/aromatic N) is 3. The first-order valence-corrected chi connectivity index (χ1v) is 8.92. The number of piperidine rings is 1. The second kappa shape index (κ2) is 6.76. The number of carbonyl (C=O) groups excluding carboxylic acids is 2. The molecule has 0 unspecified atom stereocenters. The maximum atomic E-state index is 12.4. The Hall–Kier alpha value is -2.15. The molecule has 1 aliphatic heterocycles. The molecule has 3 rings (SSSR count). The average molecular weight is 347 g/mol. The molecule has 1 saturated heterocycles. The molecule has 24 heavy (non-hydrogen) atoms. The van der Waals surface area contributed by atoms with Gasteiger partial charge in [0.15, 0.2) is 11.6 Å². The fourth-order valence-corrected chi connectivity index (χ4v) is 3.53. The van der Waals surface area contributed by atoms with Gasteiger partial charge in [-0.1, -0.05) is 0 Å². The number of thiophene rings is 1. The van der Waals surface area contributed by atoms with E-state index in [1.54, 1.807) is 21.0 Å². The summed E-state index contributed by atoms with van der Waals surface area (Å²) in [7, 11) is 3.40. The van der Waals surface area contributed by atoms with Gasteiger partial charge in [0.05, 0.1) is 5.56 Å². The molecular weight excluding hydrogens is 326 g/mol. The highest BCUT2D eigenvalue weighted by Crippen LogP contribution is 2.29. The molecule has 0 radical (unpaired) electrons. The molecule has 1 aliphatic rings. The Bertz CT molecular complexity index is 728. The van der Waals surface area contributed by atoms with Crippen molar-refractivity contribution < 1.29 is 14.0 Å². The lowest BCUT2D eigenvalue weighted by Gasteiger charge is -2.30. The maximum absolute atomic E-state index is 12.4. The fraction of sp³-hybridized carbons (Fsp3) is 0.471. The third-order valence-corrected chi connectivity index (χ3v) is 5.00. The number of hydrogen-bond donors (Lipinski definition) is 0. The largest absolute Gasteiger partial charge is 0.445 e. The zero-order chi connectivity index (χ0) is 17.3. The van der Waals surface area contributed by atoms with Gasteiger partial charge < -0.3 is 14.2 Å². The molecule has 128 valence electrons. The van der Waals surface area contributed by atoms with E-state index in [1.807, 2.05) is 21.7 Å². The van der Waals surface area contributed by atoms with Gasteiger partial charge in [-0.15, -0.1) is 0 Å². The van der Waals surface area contributed by atoms with Crippen molar-refractivity contribution in [2.24, 2.45) is 0 Å². The van der Waals surface area contributed by atoms with Gasteiger partial charge in [0, 0.05) is 38.5 Å². The van der Waals surface area contributed by atoms with E-state index in [0.29, 0.717) is 30.4 Å². The van der Waals surface area contributed by atoms with Crippen molar-refractivity contribution in [2.75, 3.05) is 27.2 Å². The molecule has 3 heterocycles. The molecule has 0 aliphatic carbocycles. The number of rotatable bonds is 3. The van der Waals surface area contributed by atoms with Crippen LogP contribution in [0.25, 0.3) is 0 Å².